The monoisotopic (exact) mass is 403 g/mol. The fourth-order valence-electron chi connectivity index (χ4n) is 3.95. The molecule has 0 spiro atoms. The van der Waals surface area contributed by atoms with Crippen molar-refractivity contribution in [2.45, 2.75) is 12.1 Å². The highest BCUT2D eigenvalue weighted by Gasteiger charge is 2.64. The van der Waals surface area contributed by atoms with E-state index < -0.39 is 11.5 Å². The number of methoxy groups -OCH3 is 1. The molecule has 2 aromatic carbocycles. The van der Waals surface area contributed by atoms with E-state index in [4.69, 9.17) is 14.3 Å². The molecule has 0 N–H and O–H groups in total. The van der Waals surface area contributed by atoms with Crippen LogP contribution in [0.4, 0.5) is 0 Å². The average molecular weight is 404 g/mol. The van der Waals surface area contributed by atoms with Crippen LogP contribution in [0.1, 0.15) is 23.3 Å². The number of carbonyl (C=O) groups excluding carboxylic acids is 1. The largest absolute Gasteiger partial charge is 0.492 e. The second-order valence-corrected chi connectivity index (χ2v) is 7.26. The molecule has 4 rings (SSSR count). The topological polar surface area (TPSA) is 48.0 Å². The van der Waals surface area contributed by atoms with Crippen LogP contribution in [0.2, 0.25) is 0 Å². The quantitative estimate of drug-likeness (QED) is 0.716. The molecule has 2 aromatic rings. The molecule has 2 aliphatic heterocycles. The van der Waals surface area contributed by atoms with Crippen LogP contribution in [0.3, 0.4) is 0 Å². The number of benzene rings is 2. The first-order valence-electron chi connectivity index (χ1n) is 8.03. The number of hydroxylamine groups is 2. The molecule has 0 radical (unpaired) electrons. The van der Waals surface area contributed by atoms with E-state index in [0.717, 1.165) is 21.3 Å². The van der Waals surface area contributed by atoms with Gasteiger partial charge in [0.15, 0.2) is 5.41 Å². The van der Waals surface area contributed by atoms with Gasteiger partial charge in [0.2, 0.25) is 0 Å². The van der Waals surface area contributed by atoms with Crippen LogP contribution in [-0.2, 0) is 14.4 Å². The molecule has 0 aliphatic carbocycles. The van der Waals surface area contributed by atoms with Gasteiger partial charge in [-0.2, -0.15) is 5.06 Å². The first-order chi connectivity index (χ1) is 12.1. The molecule has 25 heavy (non-hydrogen) atoms. The first-order valence-corrected chi connectivity index (χ1v) is 8.82. The molecular formula is C19H18BrNO4. The highest BCUT2D eigenvalue weighted by molar-refractivity contribution is 9.10. The second-order valence-electron chi connectivity index (χ2n) is 6.35. The van der Waals surface area contributed by atoms with Crippen LogP contribution >= 0.6 is 15.9 Å². The van der Waals surface area contributed by atoms with Crippen LogP contribution in [-0.4, -0.2) is 31.8 Å². The second kappa shape index (κ2) is 6.12. The number of nitrogens with zero attached hydrogens (tertiary/aromatic N) is 1. The third-order valence-corrected chi connectivity index (χ3v) is 5.48. The number of esters is 1. The van der Waals surface area contributed by atoms with Crippen molar-refractivity contribution in [3.05, 3.63) is 64.1 Å². The molecule has 0 amide bonds. The fraction of sp³-hybridized carbons (Fsp3) is 0.316. The van der Waals surface area contributed by atoms with E-state index in [1.165, 1.54) is 7.11 Å². The Kier molecular flexibility index (Phi) is 4.06. The van der Waals surface area contributed by atoms with Crippen molar-refractivity contribution in [2.75, 3.05) is 20.8 Å². The normalized spacial score (nSPS) is 28.0. The lowest BCUT2D eigenvalue weighted by Crippen LogP contribution is -2.48. The van der Waals surface area contributed by atoms with E-state index in [-0.39, 0.29) is 18.6 Å². The minimum Gasteiger partial charge on any atom is -0.492 e. The van der Waals surface area contributed by atoms with Crippen LogP contribution in [0.15, 0.2) is 53.0 Å². The van der Waals surface area contributed by atoms with Gasteiger partial charge in [0.1, 0.15) is 18.5 Å². The lowest BCUT2D eigenvalue weighted by Gasteiger charge is -2.39. The Bertz CT molecular complexity index is 827. The van der Waals surface area contributed by atoms with E-state index in [2.05, 4.69) is 15.9 Å². The molecule has 5 nitrogen and oxygen atoms in total. The van der Waals surface area contributed by atoms with Crippen molar-refractivity contribution in [1.29, 1.82) is 0 Å². The fourth-order valence-corrected chi connectivity index (χ4v) is 4.36. The summed E-state index contributed by atoms with van der Waals surface area (Å²) < 4.78 is 12.1. The molecular weight excluding hydrogens is 386 g/mol. The zero-order chi connectivity index (χ0) is 17.6. The van der Waals surface area contributed by atoms with Gasteiger partial charge < -0.3 is 9.47 Å². The predicted molar refractivity (Wildman–Crippen MR) is 94.9 cm³/mol. The maximum absolute atomic E-state index is 13.0. The third-order valence-electron chi connectivity index (χ3n) is 4.99. The van der Waals surface area contributed by atoms with Gasteiger partial charge in [-0.15, -0.1) is 0 Å². The molecule has 0 bridgehead atoms. The van der Waals surface area contributed by atoms with E-state index >= 15 is 0 Å². The zero-order valence-corrected chi connectivity index (χ0v) is 15.5. The molecule has 1 fully saturated rings. The lowest BCUT2D eigenvalue weighted by molar-refractivity contribution is -0.163. The van der Waals surface area contributed by atoms with Crippen molar-refractivity contribution >= 4 is 21.9 Å². The molecule has 0 saturated carbocycles. The Morgan fingerprint density at radius 2 is 2.08 bits per heavy atom. The summed E-state index contributed by atoms with van der Waals surface area (Å²) >= 11 is 3.49. The highest BCUT2D eigenvalue weighted by Crippen LogP contribution is 2.59. The van der Waals surface area contributed by atoms with Gasteiger partial charge in [0.25, 0.3) is 0 Å². The lowest BCUT2D eigenvalue weighted by atomic mass is 9.70. The standard InChI is InChI=1S/C19H18BrNO4/c1-21-16-14-8-3-4-9-15(14)24-11-19(16,18(22)23-2)17(25-21)12-6-5-7-13(20)10-12/h3-10,16-17H,11H2,1-2H3/t16-,17+,19-/m1/s1. The molecule has 3 atom stereocenters. The Labute approximate surface area is 154 Å². The number of hydrogen-bond donors (Lipinski definition) is 0. The zero-order valence-electron chi connectivity index (χ0n) is 13.9. The smallest absolute Gasteiger partial charge is 0.320 e. The Hall–Kier alpha value is -1.89. The third kappa shape index (κ3) is 2.39. The number of rotatable bonds is 2. The minimum atomic E-state index is -0.974. The van der Waals surface area contributed by atoms with E-state index in [1.54, 1.807) is 5.06 Å². The van der Waals surface area contributed by atoms with Crippen LogP contribution in [0.5, 0.6) is 5.75 Å². The van der Waals surface area contributed by atoms with E-state index in [1.807, 2.05) is 55.6 Å². The van der Waals surface area contributed by atoms with Gasteiger partial charge in [0, 0.05) is 17.1 Å². The number of carbonyl (C=O) groups is 1. The minimum absolute atomic E-state index is 0.197. The summed E-state index contributed by atoms with van der Waals surface area (Å²) in [5, 5.41) is 1.75. The number of fused-ring (bicyclic) bond motifs is 3. The van der Waals surface area contributed by atoms with Crippen LogP contribution in [0, 0.1) is 5.41 Å². The molecule has 2 aliphatic rings. The van der Waals surface area contributed by atoms with Crippen molar-refractivity contribution in [3.63, 3.8) is 0 Å². The summed E-state index contributed by atoms with van der Waals surface area (Å²) in [6.45, 7) is 0.197. The average Bonchev–Trinajstić information content (AvgIpc) is 2.95. The molecule has 0 unspecified atom stereocenters. The number of halogens is 1. The Morgan fingerprint density at radius 1 is 1.28 bits per heavy atom. The molecule has 0 aromatic heterocycles. The van der Waals surface area contributed by atoms with Crippen molar-refractivity contribution in [1.82, 2.24) is 5.06 Å². The summed E-state index contributed by atoms with van der Waals surface area (Å²) in [6, 6.07) is 15.3. The highest BCUT2D eigenvalue weighted by atomic mass is 79.9. The predicted octanol–water partition coefficient (Wildman–Crippen LogP) is 3.66. The van der Waals surface area contributed by atoms with Crippen molar-refractivity contribution in [2.24, 2.45) is 5.41 Å². The summed E-state index contributed by atoms with van der Waals surface area (Å²) in [7, 11) is 3.26. The van der Waals surface area contributed by atoms with Gasteiger partial charge >= 0.3 is 5.97 Å². The first kappa shape index (κ1) is 16.6. The summed E-state index contributed by atoms with van der Waals surface area (Å²) in [4.78, 5) is 19.1. The molecule has 2 heterocycles. The van der Waals surface area contributed by atoms with Gasteiger partial charge in [0.05, 0.1) is 13.2 Å². The molecule has 130 valence electrons. The Balaban J connectivity index is 1.90. The van der Waals surface area contributed by atoms with E-state index in [9.17, 15) is 4.79 Å². The number of hydrogen-bond acceptors (Lipinski definition) is 5. The van der Waals surface area contributed by atoms with Gasteiger partial charge in [-0.1, -0.05) is 46.3 Å². The van der Waals surface area contributed by atoms with Gasteiger partial charge in [-0.25, -0.2) is 0 Å². The van der Waals surface area contributed by atoms with Crippen LogP contribution in [0.25, 0.3) is 0 Å². The summed E-state index contributed by atoms with van der Waals surface area (Å²) in [5.74, 6) is 0.443. The van der Waals surface area contributed by atoms with E-state index in [0.29, 0.717) is 0 Å². The van der Waals surface area contributed by atoms with Gasteiger partial charge in [-0.05, 0) is 23.8 Å². The number of ether oxygens (including phenoxy) is 2. The molecule has 6 heteroatoms. The van der Waals surface area contributed by atoms with Crippen LogP contribution < -0.4 is 4.74 Å². The number of para-hydroxylation sites is 1. The summed E-state index contributed by atoms with van der Waals surface area (Å²) in [6.07, 6.45) is -0.499. The van der Waals surface area contributed by atoms with Gasteiger partial charge in [-0.3, -0.25) is 9.63 Å². The summed E-state index contributed by atoms with van der Waals surface area (Å²) in [5.41, 5.74) is 0.856. The molecule has 1 saturated heterocycles. The van der Waals surface area contributed by atoms with Crippen molar-refractivity contribution in [3.8, 4) is 5.75 Å². The Morgan fingerprint density at radius 3 is 2.84 bits per heavy atom. The SMILES string of the molecule is COC(=O)[C@]12COc3ccccc3[C@H]1N(C)O[C@H]2c1cccc(Br)c1. The van der Waals surface area contributed by atoms with Crippen molar-refractivity contribution < 1.29 is 19.1 Å². The maximum Gasteiger partial charge on any atom is 0.320 e. The maximum atomic E-state index is 13.0.